The van der Waals surface area contributed by atoms with Crippen LogP contribution in [0.5, 0.6) is 23.0 Å². The van der Waals surface area contributed by atoms with Crippen molar-refractivity contribution in [3.63, 3.8) is 0 Å². The predicted octanol–water partition coefficient (Wildman–Crippen LogP) is 11.1. The van der Waals surface area contributed by atoms with E-state index in [9.17, 15) is 40.3 Å². The number of primary amides is 1. The lowest BCUT2D eigenvalue weighted by Gasteiger charge is -2.18. The Balaban J connectivity index is 1.79. The van der Waals surface area contributed by atoms with Gasteiger partial charge in [0, 0.05) is 11.8 Å². The van der Waals surface area contributed by atoms with Gasteiger partial charge < -0.3 is 25.3 Å². The van der Waals surface area contributed by atoms with Crippen LogP contribution in [-0.2, 0) is 6.18 Å². The molecule has 0 aliphatic rings. The molecular weight excluding hydrogens is 692 g/mol. The van der Waals surface area contributed by atoms with Gasteiger partial charge in [-0.05, 0) is 48.9 Å². The monoisotopic (exact) mass is 732 g/mol. The van der Waals surface area contributed by atoms with Crippen LogP contribution in [0.2, 0.25) is 0 Å². The van der Waals surface area contributed by atoms with E-state index in [4.69, 9.17) is 15.2 Å². The molecule has 0 saturated heterocycles. The number of unbranched alkanes of at least 4 members (excludes halogenated alkanes) is 11. The molecule has 0 heterocycles. The van der Waals surface area contributed by atoms with Gasteiger partial charge in [0.15, 0.2) is 17.3 Å². The second-order valence-electron chi connectivity index (χ2n) is 11.8. The lowest BCUT2D eigenvalue weighted by Crippen LogP contribution is -2.20. The van der Waals surface area contributed by atoms with Gasteiger partial charge in [-0.2, -0.15) is 13.2 Å². The van der Waals surface area contributed by atoms with Crippen molar-refractivity contribution in [2.45, 2.75) is 96.5 Å². The Morgan fingerprint density at radius 1 is 0.725 bits per heavy atom. The van der Waals surface area contributed by atoms with Gasteiger partial charge in [-0.15, -0.1) is 13.2 Å². The molecule has 3 aromatic carbocycles. The molecule has 0 aliphatic carbocycles. The molecule has 0 bridgehead atoms. The van der Waals surface area contributed by atoms with E-state index < -0.39 is 64.2 Å². The lowest BCUT2D eigenvalue weighted by atomic mass is 10.1. The predicted molar refractivity (Wildman–Crippen MR) is 174 cm³/mol. The van der Waals surface area contributed by atoms with Crippen LogP contribution in [0, 0.1) is 11.6 Å². The Morgan fingerprint density at radius 3 is 1.88 bits per heavy atom. The Morgan fingerprint density at radius 2 is 1.31 bits per heavy atom. The number of amides is 2. The third kappa shape index (κ3) is 13.3. The molecular formula is C36H40F8N2O5. The molecule has 0 aliphatic heterocycles. The summed E-state index contributed by atoms with van der Waals surface area (Å²) in [6, 6.07) is 6.09. The van der Waals surface area contributed by atoms with Crippen molar-refractivity contribution in [3.8, 4) is 23.0 Å². The molecule has 0 spiro atoms. The summed E-state index contributed by atoms with van der Waals surface area (Å²) in [7, 11) is 0. The minimum atomic E-state index is -5.24. The van der Waals surface area contributed by atoms with Crippen LogP contribution in [0.1, 0.15) is 110 Å². The van der Waals surface area contributed by atoms with E-state index in [2.05, 4.69) is 17.0 Å². The summed E-state index contributed by atoms with van der Waals surface area (Å²) in [5.41, 5.74) is 1.04. The van der Waals surface area contributed by atoms with E-state index in [-0.39, 0.29) is 23.8 Å². The molecule has 51 heavy (non-hydrogen) atoms. The highest BCUT2D eigenvalue weighted by molar-refractivity contribution is 6.07. The number of benzene rings is 3. The van der Waals surface area contributed by atoms with Gasteiger partial charge in [0.1, 0.15) is 22.9 Å². The summed E-state index contributed by atoms with van der Waals surface area (Å²) < 4.78 is 124. The summed E-state index contributed by atoms with van der Waals surface area (Å²) in [6.45, 7) is 2.19. The van der Waals surface area contributed by atoms with Crippen molar-refractivity contribution in [1.82, 2.24) is 0 Å². The lowest BCUT2D eigenvalue weighted by molar-refractivity contribution is -0.274. The molecule has 3 N–H and O–H groups in total. The molecule has 0 fully saturated rings. The fourth-order valence-corrected chi connectivity index (χ4v) is 5.19. The number of hydrogen-bond donors (Lipinski definition) is 2. The maximum atomic E-state index is 15.4. The van der Waals surface area contributed by atoms with Gasteiger partial charge in [-0.1, -0.05) is 77.6 Å². The molecule has 0 saturated carbocycles. The van der Waals surface area contributed by atoms with Gasteiger partial charge in [-0.3, -0.25) is 9.59 Å². The Kier molecular flexibility index (Phi) is 15.4. The zero-order chi connectivity index (χ0) is 37.6. The van der Waals surface area contributed by atoms with Gasteiger partial charge in [0.05, 0.1) is 17.7 Å². The Hall–Kier alpha value is -4.56. The quantitative estimate of drug-likeness (QED) is 0.0890. The van der Waals surface area contributed by atoms with E-state index in [1.807, 2.05) is 0 Å². The van der Waals surface area contributed by atoms with Gasteiger partial charge in [-0.25, -0.2) is 8.78 Å². The summed E-state index contributed by atoms with van der Waals surface area (Å²) in [6.07, 6.45) is 2.41. The maximum absolute atomic E-state index is 15.4. The third-order valence-corrected chi connectivity index (χ3v) is 7.75. The van der Waals surface area contributed by atoms with Crippen molar-refractivity contribution in [2.24, 2.45) is 5.73 Å². The number of rotatable bonds is 20. The largest absolute Gasteiger partial charge is 0.573 e. The molecule has 2 amide bonds. The van der Waals surface area contributed by atoms with Crippen LogP contribution in [0.4, 0.5) is 40.8 Å². The molecule has 0 aromatic heterocycles. The number of anilines is 1. The van der Waals surface area contributed by atoms with Gasteiger partial charge >= 0.3 is 12.5 Å². The average molecular weight is 733 g/mol. The number of ether oxygens (including phenoxy) is 3. The Labute approximate surface area is 290 Å². The fraction of sp³-hybridized carbons (Fsp3) is 0.444. The topological polar surface area (TPSA) is 99.9 Å². The first-order chi connectivity index (χ1) is 24.1. The van der Waals surface area contributed by atoms with E-state index >= 15 is 4.39 Å². The zero-order valence-electron chi connectivity index (χ0n) is 28.0. The van der Waals surface area contributed by atoms with Crippen LogP contribution < -0.4 is 25.3 Å². The van der Waals surface area contributed by atoms with E-state index in [0.717, 1.165) is 68.5 Å². The molecule has 7 nitrogen and oxygen atoms in total. The highest BCUT2D eigenvalue weighted by atomic mass is 19.4. The minimum absolute atomic E-state index is 0.0186. The van der Waals surface area contributed by atoms with Crippen molar-refractivity contribution < 1.29 is 58.9 Å². The number of hydrogen-bond acceptors (Lipinski definition) is 5. The Bertz CT molecular complexity index is 1610. The second kappa shape index (κ2) is 19.2. The first-order valence-corrected chi connectivity index (χ1v) is 16.6. The average Bonchev–Trinajstić information content (AvgIpc) is 3.03. The number of carbonyl (C=O) groups is 2. The minimum Gasteiger partial charge on any atom is -0.490 e. The van der Waals surface area contributed by atoms with E-state index in [1.54, 1.807) is 0 Å². The first-order valence-electron chi connectivity index (χ1n) is 16.6. The molecule has 3 rings (SSSR count). The summed E-state index contributed by atoms with van der Waals surface area (Å²) in [5, 5.41) is 2.08. The number of halogens is 8. The van der Waals surface area contributed by atoms with Crippen LogP contribution in [0.25, 0.3) is 0 Å². The van der Waals surface area contributed by atoms with Crippen LogP contribution in [-0.4, -0.2) is 24.8 Å². The number of carbonyl (C=O) groups excluding carboxylic acids is 2. The van der Waals surface area contributed by atoms with Crippen LogP contribution in [0.15, 0.2) is 48.5 Å². The third-order valence-electron chi connectivity index (χ3n) is 7.75. The zero-order valence-corrected chi connectivity index (χ0v) is 28.0. The molecule has 0 atom stereocenters. The van der Waals surface area contributed by atoms with Gasteiger partial charge in [0.25, 0.3) is 11.8 Å². The first kappa shape index (κ1) is 40.9. The molecule has 280 valence electrons. The summed E-state index contributed by atoms with van der Waals surface area (Å²) in [4.78, 5) is 24.7. The van der Waals surface area contributed by atoms with E-state index in [0.29, 0.717) is 18.6 Å². The standard InChI is InChI=1S/C36H40F8N2O5/c1-2-3-4-5-6-7-8-9-10-11-12-13-20-49-30-22-24(51-36(42,43)44)15-18-28(30)50-29-19-16-26(35(39,40)41)32(38)31(29)34(48)46-23-14-17-27(37)25(21-23)33(45)47/h14-19,21-22H,2-13,20H2,1H3,(H2,45,47)(H,46,48). The van der Waals surface area contributed by atoms with Crippen LogP contribution >= 0.6 is 0 Å². The van der Waals surface area contributed by atoms with Crippen molar-refractivity contribution in [1.29, 1.82) is 0 Å². The maximum Gasteiger partial charge on any atom is 0.573 e. The number of alkyl halides is 6. The molecule has 3 aromatic rings. The SMILES string of the molecule is CCCCCCCCCCCCCCOc1cc(OC(F)(F)F)ccc1Oc1ccc(C(F)(F)F)c(F)c1C(=O)Nc1ccc(F)c(C(N)=O)c1. The van der Waals surface area contributed by atoms with Crippen molar-refractivity contribution in [3.05, 3.63) is 76.9 Å². The second-order valence-corrected chi connectivity index (χ2v) is 11.8. The summed E-state index contributed by atoms with van der Waals surface area (Å²) in [5.74, 6) is -7.95. The summed E-state index contributed by atoms with van der Waals surface area (Å²) >= 11 is 0. The molecule has 0 unspecified atom stereocenters. The highest BCUT2D eigenvalue weighted by Crippen LogP contribution is 2.41. The number of nitrogens with one attached hydrogen (secondary N) is 1. The smallest absolute Gasteiger partial charge is 0.490 e. The van der Waals surface area contributed by atoms with Gasteiger partial charge in [0.2, 0.25) is 0 Å². The van der Waals surface area contributed by atoms with Crippen molar-refractivity contribution in [2.75, 3.05) is 11.9 Å². The fourth-order valence-electron chi connectivity index (χ4n) is 5.19. The molecule has 0 radical (unpaired) electrons. The normalized spacial score (nSPS) is 11.7. The number of nitrogens with two attached hydrogens (primary N) is 1. The van der Waals surface area contributed by atoms with Crippen LogP contribution in [0.3, 0.4) is 0 Å². The highest BCUT2D eigenvalue weighted by Gasteiger charge is 2.38. The van der Waals surface area contributed by atoms with E-state index in [1.165, 1.54) is 38.5 Å². The van der Waals surface area contributed by atoms with Crippen molar-refractivity contribution >= 4 is 17.5 Å². The molecule has 15 heteroatoms.